The molecule has 0 bridgehead atoms. The molecule has 0 aromatic rings. The van der Waals surface area contributed by atoms with Crippen LogP contribution in [0.4, 0.5) is 0 Å². The molecule has 0 heterocycles. The summed E-state index contributed by atoms with van der Waals surface area (Å²) in [6.45, 7) is 0.693. The third kappa shape index (κ3) is 7.60. The van der Waals surface area contributed by atoms with Crippen LogP contribution in [0.15, 0.2) is 0 Å². The molecule has 12 heavy (non-hydrogen) atoms. The Kier molecular flexibility index (Phi) is 8.22. The fraction of sp³-hybridized carbons (Fsp3) is 0.750. The van der Waals surface area contributed by atoms with Crippen LogP contribution in [0.3, 0.4) is 0 Å². The van der Waals surface area contributed by atoms with E-state index in [1.165, 1.54) is 0 Å². The molecule has 0 fully saturated rings. The molecule has 0 spiro atoms. The standard InChI is InChI=1S/C8H15NO2S/c10-6-4-2-1-3-5-9-8(11)7-12/h6,12H,1-5,7H2,(H,9,11). The van der Waals surface area contributed by atoms with Gasteiger partial charge in [-0.3, -0.25) is 4.79 Å². The molecule has 4 heteroatoms. The Bertz CT molecular complexity index is 139. The largest absolute Gasteiger partial charge is 0.355 e. The van der Waals surface area contributed by atoms with Crippen LogP contribution in [0.1, 0.15) is 25.7 Å². The van der Waals surface area contributed by atoms with E-state index in [0.29, 0.717) is 13.0 Å². The fourth-order valence-corrected chi connectivity index (χ4v) is 0.925. The normalized spacial score (nSPS) is 9.42. The highest BCUT2D eigenvalue weighted by Crippen LogP contribution is 1.95. The van der Waals surface area contributed by atoms with Gasteiger partial charge in [0, 0.05) is 13.0 Å². The lowest BCUT2D eigenvalue weighted by Gasteiger charge is -2.01. The van der Waals surface area contributed by atoms with Crippen molar-refractivity contribution in [1.29, 1.82) is 0 Å². The minimum Gasteiger partial charge on any atom is -0.355 e. The average Bonchev–Trinajstić information content (AvgIpc) is 2.10. The van der Waals surface area contributed by atoms with Crippen molar-refractivity contribution in [2.75, 3.05) is 12.3 Å². The summed E-state index contributed by atoms with van der Waals surface area (Å²) in [5.74, 6) is 0.211. The summed E-state index contributed by atoms with van der Waals surface area (Å²) < 4.78 is 0. The van der Waals surface area contributed by atoms with Gasteiger partial charge in [0.05, 0.1) is 5.75 Å². The fourth-order valence-electron chi connectivity index (χ4n) is 0.813. The molecule has 0 atom stereocenters. The van der Waals surface area contributed by atoms with Gasteiger partial charge in [0.2, 0.25) is 5.91 Å². The average molecular weight is 189 g/mol. The molecule has 1 amide bonds. The Labute approximate surface area is 78.3 Å². The maximum Gasteiger partial charge on any atom is 0.229 e. The molecule has 0 radical (unpaired) electrons. The first kappa shape index (κ1) is 11.5. The number of carbonyl (C=O) groups is 2. The number of carbonyl (C=O) groups excluding carboxylic acids is 2. The first-order valence-corrected chi connectivity index (χ1v) is 4.75. The summed E-state index contributed by atoms with van der Waals surface area (Å²) >= 11 is 3.82. The zero-order valence-corrected chi connectivity index (χ0v) is 7.98. The first-order valence-electron chi connectivity index (χ1n) is 4.12. The maximum atomic E-state index is 10.7. The summed E-state index contributed by atoms with van der Waals surface area (Å²) in [6.07, 6.45) is 4.39. The molecular formula is C8H15NO2S. The van der Waals surface area contributed by atoms with E-state index >= 15 is 0 Å². The molecule has 0 aliphatic rings. The smallest absolute Gasteiger partial charge is 0.229 e. The number of hydrogen-bond donors (Lipinski definition) is 2. The quantitative estimate of drug-likeness (QED) is 0.353. The van der Waals surface area contributed by atoms with Crippen molar-refractivity contribution < 1.29 is 9.59 Å². The van der Waals surface area contributed by atoms with Crippen molar-refractivity contribution in [3.63, 3.8) is 0 Å². The third-order valence-electron chi connectivity index (χ3n) is 1.46. The summed E-state index contributed by atoms with van der Waals surface area (Å²) in [4.78, 5) is 20.6. The molecule has 70 valence electrons. The van der Waals surface area contributed by atoms with Gasteiger partial charge in [0.25, 0.3) is 0 Å². The van der Waals surface area contributed by atoms with Crippen molar-refractivity contribution in [2.24, 2.45) is 0 Å². The maximum absolute atomic E-state index is 10.7. The van der Waals surface area contributed by atoms with Gasteiger partial charge >= 0.3 is 0 Å². The van der Waals surface area contributed by atoms with E-state index in [1.807, 2.05) is 0 Å². The van der Waals surface area contributed by atoms with E-state index in [1.54, 1.807) is 0 Å². The number of amides is 1. The number of rotatable bonds is 7. The Morgan fingerprint density at radius 2 is 2.08 bits per heavy atom. The second kappa shape index (κ2) is 8.59. The van der Waals surface area contributed by atoms with E-state index in [-0.39, 0.29) is 11.7 Å². The molecular weight excluding hydrogens is 174 g/mol. The molecule has 0 unspecified atom stereocenters. The topological polar surface area (TPSA) is 46.2 Å². The van der Waals surface area contributed by atoms with Crippen LogP contribution in [0.5, 0.6) is 0 Å². The highest BCUT2D eigenvalue weighted by atomic mass is 32.1. The van der Waals surface area contributed by atoms with E-state index < -0.39 is 0 Å². The lowest BCUT2D eigenvalue weighted by molar-refractivity contribution is -0.118. The Hall–Kier alpha value is -0.510. The summed E-state index contributed by atoms with van der Waals surface area (Å²) in [5, 5.41) is 2.71. The highest BCUT2D eigenvalue weighted by molar-refractivity contribution is 7.81. The van der Waals surface area contributed by atoms with Crippen LogP contribution < -0.4 is 5.32 Å². The highest BCUT2D eigenvalue weighted by Gasteiger charge is 1.94. The van der Waals surface area contributed by atoms with Crippen molar-refractivity contribution in [3.8, 4) is 0 Å². The van der Waals surface area contributed by atoms with Gasteiger partial charge in [-0.2, -0.15) is 12.6 Å². The molecule has 0 saturated carbocycles. The van der Waals surface area contributed by atoms with Crippen LogP contribution in [-0.4, -0.2) is 24.5 Å². The van der Waals surface area contributed by atoms with Crippen molar-refractivity contribution in [1.82, 2.24) is 5.32 Å². The summed E-state index contributed by atoms with van der Waals surface area (Å²) in [6, 6.07) is 0. The molecule has 0 rings (SSSR count). The number of nitrogens with one attached hydrogen (secondary N) is 1. The number of aldehydes is 1. The molecule has 0 aromatic carbocycles. The third-order valence-corrected chi connectivity index (χ3v) is 1.75. The monoisotopic (exact) mass is 189 g/mol. The Morgan fingerprint density at radius 1 is 1.33 bits per heavy atom. The van der Waals surface area contributed by atoms with E-state index in [9.17, 15) is 9.59 Å². The minimum atomic E-state index is -0.0336. The molecule has 0 aliphatic heterocycles. The van der Waals surface area contributed by atoms with Gasteiger partial charge in [-0.05, 0) is 12.8 Å². The van der Waals surface area contributed by atoms with Gasteiger partial charge in [0.15, 0.2) is 0 Å². The summed E-state index contributed by atoms with van der Waals surface area (Å²) in [7, 11) is 0. The van der Waals surface area contributed by atoms with Gasteiger partial charge in [-0.15, -0.1) is 0 Å². The van der Waals surface area contributed by atoms with Crippen LogP contribution in [0.2, 0.25) is 0 Å². The number of hydrogen-bond acceptors (Lipinski definition) is 3. The van der Waals surface area contributed by atoms with Gasteiger partial charge < -0.3 is 10.1 Å². The van der Waals surface area contributed by atoms with E-state index in [0.717, 1.165) is 25.5 Å². The van der Waals surface area contributed by atoms with Crippen molar-refractivity contribution >= 4 is 24.8 Å². The van der Waals surface area contributed by atoms with Gasteiger partial charge in [-0.25, -0.2) is 0 Å². The van der Waals surface area contributed by atoms with Crippen LogP contribution in [0, 0.1) is 0 Å². The zero-order chi connectivity index (χ0) is 9.23. The van der Waals surface area contributed by atoms with Crippen molar-refractivity contribution in [3.05, 3.63) is 0 Å². The van der Waals surface area contributed by atoms with Crippen molar-refractivity contribution in [2.45, 2.75) is 25.7 Å². The lowest BCUT2D eigenvalue weighted by Crippen LogP contribution is -2.25. The van der Waals surface area contributed by atoms with E-state index in [4.69, 9.17) is 0 Å². The SMILES string of the molecule is O=CCCCCCNC(=O)CS. The second-order valence-electron chi connectivity index (χ2n) is 2.52. The van der Waals surface area contributed by atoms with Gasteiger partial charge in [0.1, 0.15) is 6.29 Å². The Morgan fingerprint density at radius 3 is 2.67 bits per heavy atom. The van der Waals surface area contributed by atoms with E-state index in [2.05, 4.69) is 17.9 Å². The molecule has 1 N–H and O–H groups in total. The zero-order valence-electron chi connectivity index (χ0n) is 7.08. The van der Waals surface area contributed by atoms with Crippen LogP contribution in [-0.2, 0) is 9.59 Å². The van der Waals surface area contributed by atoms with Crippen LogP contribution in [0.25, 0.3) is 0 Å². The molecule has 0 aliphatic carbocycles. The van der Waals surface area contributed by atoms with Gasteiger partial charge in [-0.1, -0.05) is 6.42 Å². The summed E-state index contributed by atoms with van der Waals surface area (Å²) in [5.41, 5.74) is 0. The minimum absolute atomic E-state index is 0.0336. The predicted molar refractivity (Wildman–Crippen MR) is 51.4 cm³/mol. The molecule has 0 saturated heterocycles. The second-order valence-corrected chi connectivity index (χ2v) is 2.84. The number of unbranched alkanes of at least 4 members (excludes halogenated alkanes) is 3. The lowest BCUT2D eigenvalue weighted by atomic mass is 10.2. The predicted octanol–water partition coefficient (Wildman–Crippen LogP) is 0.792. The number of thiol groups is 1. The first-order chi connectivity index (χ1) is 5.81. The molecule has 3 nitrogen and oxygen atoms in total. The Balaban J connectivity index is 3.00. The van der Waals surface area contributed by atoms with Crippen LogP contribution >= 0.6 is 12.6 Å². The molecule has 0 aromatic heterocycles.